The molecule has 18 heavy (non-hydrogen) atoms. The normalized spacial score (nSPS) is 23.2. The zero-order chi connectivity index (χ0) is 13.0. The van der Waals surface area contributed by atoms with Crippen LogP contribution in [0.4, 0.5) is 0 Å². The molecule has 0 bridgehead atoms. The predicted octanol–water partition coefficient (Wildman–Crippen LogP) is 2.81. The molecule has 4 heteroatoms. The van der Waals surface area contributed by atoms with Crippen molar-refractivity contribution >= 4 is 21.7 Å². The third-order valence-electron chi connectivity index (χ3n) is 3.33. The van der Waals surface area contributed by atoms with Crippen molar-refractivity contribution in [3.8, 4) is 0 Å². The van der Waals surface area contributed by atoms with Crippen LogP contribution in [0.15, 0.2) is 28.7 Å². The van der Waals surface area contributed by atoms with Gasteiger partial charge in [0, 0.05) is 16.0 Å². The first-order valence-electron chi connectivity index (χ1n) is 6.23. The molecule has 2 atom stereocenters. The number of Topliss-reactive ketones (excluding diaryl/α,β-unsaturated/α-hetero) is 1. The van der Waals surface area contributed by atoms with Gasteiger partial charge in [-0.05, 0) is 31.4 Å². The maximum atomic E-state index is 12.3. The van der Waals surface area contributed by atoms with Gasteiger partial charge in [0.25, 0.3) is 0 Å². The Morgan fingerprint density at radius 1 is 1.33 bits per heavy atom. The van der Waals surface area contributed by atoms with Crippen molar-refractivity contribution in [3.63, 3.8) is 0 Å². The summed E-state index contributed by atoms with van der Waals surface area (Å²) in [5, 5.41) is 8.71. The van der Waals surface area contributed by atoms with Crippen LogP contribution in [0.25, 0.3) is 0 Å². The van der Waals surface area contributed by atoms with Gasteiger partial charge in [-0.15, -0.1) is 0 Å². The lowest BCUT2D eigenvalue weighted by Crippen LogP contribution is -2.15. The van der Waals surface area contributed by atoms with Gasteiger partial charge in [-0.25, -0.2) is 0 Å². The Morgan fingerprint density at radius 3 is 2.72 bits per heavy atom. The number of carbonyl (C=O) groups excluding carboxylic acids is 1. The van der Waals surface area contributed by atoms with Gasteiger partial charge in [0.2, 0.25) is 0 Å². The highest BCUT2D eigenvalue weighted by Gasteiger charge is 2.30. The number of aliphatic hydroxyl groups is 1. The van der Waals surface area contributed by atoms with Crippen molar-refractivity contribution in [1.29, 1.82) is 0 Å². The fourth-order valence-electron chi connectivity index (χ4n) is 2.40. The molecule has 0 saturated heterocycles. The Labute approximate surface area is 115 Å². The predicted molar refractivity (Wildman–Crippen MR) is 72.6 cm³/mol. The smallest absolute Gasteiger partial charge is 0.166 e. The molecular formula is C14H17BrO3. The van der Waals surface area contributed by atoms with Gasteiger partial charge in [-0.3, -0.25) is 4.79 Å². The van der Waals surface area contributed by atoms with E-state index in [1.807, 2.05) is 24.3 Å². The number of hydrogen-bond acceptors (Lipinski definition) is 3. The fourth-order valence-corrected chi connectivity index (χ4v) is 2.66. The molecule has 1 saturated carbocycles. The fraction of sp³-hybridized carbons (Fsp3) is 0.500. The molecule has 2 unspecified atom stereocenters. The molecule has 0 heterocycles. The minimum atomic E-state index is 0.0435. The number of carbonyl (C=O) groups is 1. The first-order chi connectivity index (χ1) is 8.70. The molecule has 1 aromatic rings. The van der Waals surface area contributed by atoms with Crippen molar-refractivity contribution in [2.24, 2.45) is 5.92 Å². The number of ketones is 1. The topological polar surface area (TPSA) is 46.5 Å². The summed E-state index contributed by atoms with van der Waals surface area (Å²) in [6, 6.07) is 7.49. The summed E-state index contributed by atoms with van der Waals surface area (Å²) in [5.74, 6) is 0.271. The molecule has 1 aliphatic carbocycles. The van der Waals surface area contributed by atoms with Crippen LogP contribution in [0.5, 0.6) is 0 Å². The van der Waals surface area contributed by atoms with E-state index in [1.165, 1.54) is 0 Å². The third kappa shape index (κ3) is 3.40. The summed E-state index contributed by atoms with van der Waals surface area (Å²) in [6.07, 6.45) is 2.69. The molecule has 1 aromatic carbocycles. The Morgan fingerprint density at radius 2 is 2.06 bits per heavy atom. The van der Waals surface area contributed by atoms with E-state index in [0.717, 1.165) is 29.3 Å². The van der Waals surface area contributed by atoms with Crippen LogP contribution in [0.2, 0.25) is 0 Å². The third-order valence-corrected chi connectivity index (χ3v) is 3.86. The second kappa shape index (κ2) is 6.45. The summed E-state index contributed by atoms with van der Waals surface area (Å²) < 4.78 is 6.46. The average molecular weight is 313 g/mol. The van der Waals surface area contributed by atoms with Crippen LogP contribution in [0.3, 0.4) is 0 Å². The molecule has 1 fully saturated rings. The van der Waals surface area contributed by atoms with Crippen LogP contribution in [0.1, 0.15) is 29.6 Å². The van der Waals surface area contributed by atoms with E-state index in [2.05, 4.69) is 15.9 Å². The Hall–Kier alpha value is -0.710. The minimum Gasteiger partial charge on any atom is -0.394 e. The second-order valence-corrected chi connectivity index (χ2v) is 5.51. The van der Waals surface area contributed by atoms with Gasteiger partial charge in [0.15, 0.2) is 5.78 Å². The van der Waals surface area contributed by atoms with Crippen molar-refractivity contribution in [1.82, 2.24) is 0 Å². The highest BCUT2D eigenvalue weighted by atomic mass is 79.9. The summed E-state index contributed by atoms with van der Waals surface area (Å²) >= 11 is 3.36. The maximum Gasteiger partial charge on any atom is 0.166 e. The van der Waals surface area contributed by atoms with Gasteiger partial charge < -0.3 is 9.84 Å². The molecule has 0 aromatic heterocycles. The molecule has 1 aliphatic rings. The number of ether oxygens (including phenoxy) is 1. The van der Waals surface area contributed by atoms with E-state index in [9.17, 15) is 4.79 Å². The molecule has 98 valence electrons. The lowest BCUT2D eigenvalue weighted by molar-refractivity contribution is 0.0306. The lowest BCUT2D eigenvalue weighted by Gasteiger charge is -2.11. The van der Waals surface area contributed by atoms with Crippen LogP contribution >= 0.6 is 15.9 Å². The van der Waals surface area contributed by atoms with Gasteiger partial charge in [0.1, 0.15) is 0 Å². The summed E-state index contributed by atoms with van der Waals surface area (Å²) in [6.45, 7) is 0.408. The Bertz CT molecular complexity index is 402. The molecule has 0 spiro atoms. The Balaban J connectivity index is 1.93. The van der Waals surface area contributed by atoms with E-state index in [0.29, 0.717) is 6.61 Å². The first-order valence-corrected chi connectivity index (χ1v) is 7.02. The average Bonchev–Trinajstić information content (AvgIpc) is 2.85. The van der Waals surface area contributed by atoms with E-state index < -0.39 is 0 Å². The largest absolute Gasteiger partial charge is 0.394 e. The van der Waals surface area contributed by atoms with E-state index in [4.69, 9.17) is 9.84 Å². The zero-order valence-corrected chi connectivity index (χ0v) is 11.7. The van der Waals surface area contributed by atoms with Crippen LogP contribution in [-0.2, 0) is 4.74 Å². The van der Waals surface area contributed by atoms with E-state index in [1.54, 1.807) is 0 Å². The van der Waals surface area contributed by atoms with Crippen LogP contribution in [-0.4, -0.2) is 30.2 Å². The van der Waals surface area contributed by atoms with Crippen molar-refractivity contribution in [3.05, 3.63) is 34.3 Å². The number of benzene rings is 1. The highest BCUT2D eigenvalue weighted by Crippen LogP contribution is 2.30. The molecule has 2 rings (SSSR count). The van der Waals surface area contributed by atoms with E-state index >= 15 is 0 Å². The van der Waals surface area contributed by atoms with E-state index in [-0.39, 0.29) is 24.4 Å². The molecule has 1 N–H and O–H groups in total. The number of halogens is 1. The van der Waals surface area contributed by atoms with Crippen molar-refractivity contribution in [2.45, 2.75) is 25.4 Å². The standard InChI is InChI=1S/C14H17BrO3/c15-12-4-1-10(2-5-12)14(17)11-3-6-13(9-11)18-8-7-16/h1-2,4-5,11,13,16H,3,6-9H2. The van der Waals surface area contributed by atoms with Crippen LogP contribution in [0, 0.1) is 5.92 Å². The molecule has 3 nitrogen and oxygen atoms in total. The SMILES string of the molecule is O=C(c1ccc(Br)cc1)C1CCC(OCCO)C1. The minimum absolute atomic E-state index is 0.0435. The summed E-state index contributed by atoms with van der Waals surface area (Å²) in [7, 11) is 0. The number of rotatable bonds is 5. The summed E-state index contributed by atoms with van der Waals surface area (Å²) in [4.78, 5) is 12.3. The highest BCUT2D eigenvalue weighted by molar-refractivity contribution is 9.10. The molecule has 0 radical (unpaired) electrons. The number of hydrogen-bond donors (Lipinski definition) is 1. The van der Waals surface area contributed by atoms with Gasteiger partial charge in [-0.2, -0.15) is 0 Å². The second-order valence-electron chi connectivity index (χ2n) is 4.60. The maximum absolute atomic E-state index is 12.3. The summed E-state index contributed by atoms with van der Waals surface area (Å²) in [5.41, 5.74) is 0.769. The molecule has 0 aliphatic heterocycles. The quantitative estimate of drug-likeness (QED) is 0.850. The van der Waals surface area contributed by atoms with Gasteiger partial charge >= 0.3 is 0 Å². The van der Waals surface area contributed by atoms with Gasteiger partial charge in [0.05, 0.1) is 19.3 Å². The zero-order valence-electron chi connectivity index (χ0n) is 10.1. The number of aliphatic hydroxyl groups excluding tert-OH is 1. The van der Waals surface area contributed by atoms with Crippen molar-refractivity contribution < 1.29 is 14.6 Å². The Kier molecular flexibility index (Phi) is 4.92. The lowest BCUT2D eigenvalue weighted by atomic mass is 9.96. The first kappa shape index (κ1) is 13.7. The monoisotopic (exact) mass is 312 g/mol. The van der Waals surface area contributed by atoms with Gasteiger partial charge in [-0.1, -0.05) is 28.1 Å². The van der Waals surface area contributed by atoms with Crippen LogP contribution < -0.4 is 0 Å². The van der Waals surface area contributed by atoms with Crippen molar-refractivity contribution in [2.75, 3.05) is 13.2 Å². The molecule has 0 amide bonds. The molecular weight excluding hydrogens is 296 g/mol.